The summed E-state index contributed by atoms with van der Waals surface area (Å²) in [6.45, 7) is 0. The minimum atomic E-state index is -1.38. The number of aryl methyl sites for hydroxylation is 1. The fourth-order valence-corrected chi connectivity index (χ4v) is 3.19. The lowest BCUT2D eigenvalue weighted by Crippen LogP contribution is -2.00. The van der Waals surface area contributed by atoms with Crippen molar-refractivity contribution in [3.63, 3.8) is 0 Å². The van der Waals surface area contributed by atoms with Gasteiger partial charge >= 0.3 is 6.16 Å². The number of nitrogens with zero attached hydrogens (tertiary/aromatic N) is 2. The number of nitro groups is 1. The highest BCUT2D eigenvalue weighted by molar-refractivity contribution is 7.20. The summed E-state index contributed by atoms with van der Waals surface area (Å²) in [6, 6.07) is 6.19. The first-order chi connectivity index (χ1) is 9.47. The Bertz CT molecular complexity index is 864. The third kappa shape index (κ3) is 1.77. The molecule has 20 heavy (non-hydrogen) atoms. The number of carbonyl (C=O) groups is 1. The van der Waals surface area contributed by atoms with Gasteiger partial charge in [-0.3, -0.25) is 10.1 Å². The Balaban J connectivity index is 2.28. The summed E-state index contributed by atoms with van der Waals surface area (Å²) < 4.78 is 6.48. The van der Waals surface area contributed by atoms with E-state index in [1.54, 1.807) is 12.1 Å². The fourth-order valence-electron chi connectivity index (χ4n) is 2.19. The van der Waals surface area contributed by atoms with Gasteiger partial charge in [-0.1, -0.05) is 11.3 Å². The molecule has 0 aliphatic rings. The molecule has 2 heterocycles. The van der Waals surface area contributed by atoms with E-state index in [1.165, 1.54) is 23.5 Å². The van der Waals surface area contributed by atoms with Crippen molar-refractivity contribution in [2.45, 2.75) is 0 Å². The van der Waals surface area contributed by atoms with Crippen molar-refractivity contribution in [2.75, 3.05) is 0 Å². The molecular weight excluding hydrogens is 284 g/mol. The monoisotopic (exact) mass is 292 g/mol. The zero-order chi connectivity index (χ0) is 14.4. The molecule has 0 bridgehead atoms. The number of non-ortho nitro benzene ring substituents is 1. The third-order valence-electron chi connectivity index (χ3n) is 3.02. The summed E-state index contributed by atoms with van der Waals surface area (Å²) in [7, 11) is 1.82. The predicted octanol–water partition coefficient (Wildman–Crippen LogP) is 3.36. The number of nitro benzene ring substituents is 1. The normalized spacial score (nSPS) is 11.1. The summed E-state index contributed by atoms with van der Waals surface area (Å²) in [5, 5.41) is 21.1. The van der Waals surface area contributed by atoms with Crippen molar-refractivity contribution >= 4 is 44.3 Å². The molecule has 0 spiro atoms. The van der Waals surface area contributed by atoms with Gasteiger partial charge in [0.05, 0.1) is 4.92 Å². The molecule has 7 nitrogen and oxygen atoms in total. The second-order valence-electron chi connectivity index (χ2n) is 4.17. The number of thiophene rings is 1. The summed E-state index contributed by atoms with van der Waals surface area (Å²) in [6.07, 6.45) is -1.38. The maximum Gasteiger partial charge on any atom is 0.512 e. The minimum absolute atomic E-state index is 0.00287. The highest BCUT2D eigenvalue weighted by Gasteiger charge is 2.17. The fraction of sp³-hybridized carbons (Fsp3) is 0.0833. The number of hydrogen-bond donors (Lipinski definition) is 1. The standard InChI is InChI=1S/C12H8N2O5S/c1-13-9-3-2-6(14(17)18)4-7(9)8-5-10(19-12(15)16)20-11(8)13/h2-5H,1H3,(H,15,16). The van der Waals surface area contributed by atoms with E-state index >= 15 is 0 Å². The van der Waals surface area contributed by atoms with E-state index in [0.29, 0.717) is 5.39 Å². The van der Waals surface area contributed by atoms with Crippen molar-refractivity contribution in [2.24, 2.45) is 7.05 Å². The first-order valence-corrected chi connectivity index (χ1v) is 6.36. The van der Waals surface area contributed by atoms with Gasteiger partial charge in [-0.15, -0.1) is 0 Å². The van der Waals surface area contributed by atoms with Gasteiger partial charge in [0.1, 0.15) is 4.83 Å². The van der Waals surface area contributed by atoms with Crippen molar-refractivity contribution in [3.05, 3.63) is 34.4 Å². The van der Waals surface area contributed by atoms with Crippen LogP contribution in [0.15, 0.2) is 24.3 Å². The van der Waals surface area contributed by atoms with Gasteiger partial charge in [-0.05, 0) is 6.07 Å². The van der Waals surface area contributed by atoms with Crippen LogP contribution in [0.1, 0.15) is 0 Å². The molecule has 0 radical (unpaired) electrons. The number of ether oxygens (including phenoxy) is 1. The molecule has 0 amide bonds. The molecule has 0 aliphatic heterocycles. The van der Waals surface area contributed by atoms with Crippen LogP contribution in [-0.2, 0) is 7.05 Å². The van der Waals surface area contributed by atoms with E-state index < -0.39 is 11.1 Å². The molecule has 102 valence electrons. The van der Waals surface area contributed by atoms with Crippen LogP contribution in [-0.4, -0.2) is 20.8 Å². The first kappa shape index (κ1) is 12.4. The lowest BCUT2D eigenvalue weighted by Gasteiger charge is -1.97. The summed E-state index contributed by atoms with van der Waals surface area (Å²) in [5.74, 6) is 0. The highest BCUT2D eigenvalue weighted by atomic mass is 32.1. The average molecular weight is 292 g/mol. The Labute approximate surface area is 115 Å². The molecular formula is C12H8N2O5S. The zero-order valence-electron chi connectivity index (χ0n) is 10.2. The Kier molecular flexibility index (Phi) is 2.61. The smallest absolute Gasteiger partial charge is 0.449 e. The number of aromatic nitrogens is 1. The van der Waals surface area contributed by atoms with Crippen LogP contribution in [0.25, 0.3) is 21.1 Å². The molecule has 3 rings (SSSR count). The average Bonchev–Trinajstić information content (AvgIpc) is 2.89. The van der Waals surface area contributed by atoms with Crippen molar-refractivity contribution in [3.8, 4) is 5.06 Å². The van der Waals surface area contributed by atoms with Crippen molar-refractivity contribution in [1.82, 2.24) is 4.57 Å². The molecule has 3 aromatic rings. The molecule has 1 aromatic carbocycles. The molecule has 0 atom stereocenters. The second-order valence-corrected chi connectivity index (χ2v) is 5.16. The lowest BCUT2D eigenvalue weighted by atomic mass is 10.2. The van der Waals surface area contributed by atoms with Crippen LogP contribution in [0, 0.1) is 10.1 Å². The minimum Gasteiger partial charge on any atom is -0.449 e. The Hall–Kier alpha value is -2.61. The SMILES string of the molecule is Cn1c2ccc([N+](=O)[O-])cc2c2cc(OC(=O)O)sc21. The van der Waals surface area contributed by atoms with Crippen LogP contribution in [0.5, 0.6) is 5.06 Å². The molecule has 0 saturated carbocycles. The van der Waals surface area contributed by atoms with Gasteiger partial charge in [0.15, 0.2) is 5.06 Å². The summed E-state index contributed by atoms with van der Waals surface area (Å²) >= 11 is 1.18. The van der Waals surface area contributed by atoms with Gasteiger partial charge in [0.25, 0.3) is 5.69 Å². The molecule has 8 heteroatoms. The maximum absolute atomic E-state index is 10.8. The van der Waals surface area contributed by atoms with Gasteiger partial charge in [-0.25, -0.2) is 4.79 Å². The molecule has 0 unspecified atom stereocenters. The van der Waals surface area contributed by atoms with Crippen LogP contribution in [0.3, 0.4) is 0 Å². The number of fused-ring (bicyclic) bond motifs is 3. The Morgan fingerprint density at radius 1 is 1.40 bits per heavy atom. The highest BCUT2D eigenvalue weighted by Crippen LogP contribution is 2.39. The molecule has 0 saturated heterocycles. The van der Waals surface area contributed by atoms with E-state index in [4.69, 9.17) is 5.11 Å². The van der Waals surface area contributed by atoms with Gasteiger partial charge in [0.2, 0.25) is 0 Å². The number of carboxylic acid groups (broad SMARTS) is 1. The maximum atomic E-state index is 10.8. The topological polar surface area (TPSA) is 94.6 Å². The molecule has 1 N–H and O–H groups in total. The van der Waals surface area contributed by atoms with Crippen LogP contribution in [0.2, 0.25) is 0 Å². The number of benzene rings is 1. The zero-order valence-corrected chi connectivity index (χ0v) is 11.0. The van der Waals surface area contributed by atoms with E-state index in [9.17, 15) is 14.9 Å². The number of rotatable bonds is 2. The van der Waals surface area contributed by atoms with E-state index in [1.807, 2.05) is 11.6 Å². The van der Waals surface area contributed by atoms with Crippen LogP contribution in [0.4, 0.5) is 10.5 Å². The third-order valence-corrected chi connectivity index (χ3v) is 4.11. The van der Waals surface area contributed by atoms with Crippen LogP contribution < -0.4 is 4.74 Å². The number of hydrogen-bond acceptors (Lipinski definition) is 5. The van der Waals surface area contributed by atoms with Gasteiger partial charge < -0.3 is 14.4 Å². The molecule has 2 aromatic heterocycles. The van der Waals surface area contributed by atoms with Crippen molar-refractivity contribution in [1.29, 1.82) is 0 Å². The van der Waals surface area contributed by atoms with E-state index in [0.717, 1.165) is 15.7 Å². The van der Waals surface area contributed by atoms with Crippen molar-refractivity contribution < 1.29 is 19.6 Å². The first-order valence-electron chi connectivity index (χ1n) is 5.54. The van der Waals surface area contributed by atoms with Crippen LogP contribution >= 0.6 is 11.3 Å². The summed E-state index contributed by atoms with van der Waals surface area (Å²) in [5.41, 5.74) is 0.843. The second kappa shape index (κ2) is 4.20. The summed E-state index contributed by atoms with van der Waals surface area (Å²) in [4.78, 5) is 21.7. The largest absolute Gasteiger partial charge is 0.512 e. The predicted molar refractivity (Wildman–Crippen MR) is 73.6 cm³/mol. The molecule has 0 fully saturated rings. The quantitative estimate of drug-likeness (QED) is 0.444. The van der Waals surface area contributed by atoms with E-state index in [2.05, 4.69) is 4.74 Å². The Morgan fingerprint density at radius 2 is 2.15 bits per heavy atom. The van der Waals surface area contributed by atoms with Gasteiger partial charge in [0, 0.05) is 41.5 Å². The van der Waals surface area contributed by atoms with Gasteiger partial charge in [-0.2, -0.15) is 0 Å². The lowest BCUT2D eigenvalue weighted by molar-refractivity contribution is -0.384. The molecule has 0 aliphatic carbocycles. The van der Waals surface area contributed by atoms with E-state index in [-0.39, 0.29) is 10.8 Å². The Morgan fingerprint density at radius 3 is 2.80 bits per heavy atom.